The maximum Gasteiger partial charge on any atom is 0.0108 e. The molecule has 1 atom stereocenters. The molecule has 2 aromatic carbocycles. The zero-order chi connectivity index (χ0) is 13.2. The Morgan fingerprint density at radius 1 is 1.16 bits per heavy atom. The molecule has 0 N–H and O–H groups in total. The van der Waals surface area contributed by atoms with E-state index in [1.807, 2.05) is 23.5 Å². The molecule has 2 aromatic rings. The Bertz CT molecular complexity index is 590. The second kappa shape index (κ2) is 5.64. The Morgan fingerprint density at radius 3 is 2.84 bits per heavy atom. The zero-order valence-electron chi connectivity index (χ0n) is 11.3. The molecule has 0 spiro atoms. The first kappa shape index (κ1) is 13.1. The van der Waals surface area contributed by atoms with Gasteiger partial charge in [-0.05, 0) is 37.1 Å². The molecule has 19 heavy (non-hydrogen) atoms. The van der Waals surface area contributed by atoms with Crippen LogP contribution in [0.15, 0.2) is 52.3 Å². The molecule has 1 heterocycles. The van der Waals surface area contributed by atoms with Crippen molar-refractivity contribution in [3.8, 4) is 0 Å². The second-order valence-corrected chi connectivity index (χ2v) is 7.25. The number of aryl methyl sites for hydroxylation is 2. The molecule has 3 rings (SSSR count). The Morgan fingerprint density at radius 2 is 2.00 bits per heavy atom. The van der Waals surface area contributed by atoms with Gasteiger partial charge >= 0.3 is 0 Å². The Balaban J connectivity index is 1.71. The van der Waals surface area contributed by atoms with Gasteiger partial charge in [-0.1, -0.05) is 35.9 Å². The lowest BCUT2D eigenvalue weighted by Gasteiger charge is -2.12. The minimum Gasteiger partial charge on any atom is -0.125 e. The first-order chi connectivity index (χ1) is 9.24. The molecule has 1 aliphatic rings. The standard InChI is InChI=1S/C17H18S2/c1-12-7-8-16(13(2)9-12)18-10-14-11-19-17-6-4-3-5-15(14)17/h3-9,14H,10-11H2,1-2H3. The van der Waals surface area contributed by atoms with Crippen molar-refractivity contribution in [3.63, 3.8) is 0 Å². The van der Waals surface area contributed by atoms with E-state index in [1.54, 1.807) is 5.56 Å². The fourth-order valence-electron chi connectivity index (χ4n) is 2.52. The molecule has 0 fully saturated rings. The maximum atomic E-state index is 2.29. The van der Waals surface area contributed by atoms with Crippen LogP contribution in [-0.2, 0) is 0 Å². The van der Waals surface area contributed by atoms with Crippen LogP contribution in [0.4, 0.5) is 0 Å². The van der Waals surface area contributed by atoms with Crippen LogP contribution in [0.2, 0.25) is 0 Å². The molecular weight excluding hydrogens is 268 g/mol. The van der Waals surface area contributed by atoms with Crippen LogP contribution in [0.25, 0.3) is 0 Å². The highest BCUT2D eigenvalue weighted by Gasteiger charge is 2.22. The van der Waals surface area contributed by atoms with Crippen molar-refractivity contribution >= 4 is 23.5 Å². The summed E-state index contributed by atoms with van der Waals surface area (Å²) in [5, 5.41) is 0. The predicted octanol–water partition coefficient (Wildman–Crippen LogP) is 5.29. The smallest absolute Gasteiger partial charge is 0.0108 e. The molecule has 0 saturated carbocycles. The van der Waals surface area contributed by atoms with Crippen LogP contribution in [0, 0.1) is 13.8 Å². The van der Waals surface area contributed by atoms with Gasteiger partial charge in [-0.2, -0.15) is 0 Å². The highest BCUT2D eigenvalue weighted by atomic mass is 32.2. The summed E-state index contributed by atoms with van der Waals surface area (Å²) in [6, 6.07) is 15.6. The average molecular weight is 286 g/mol. The quantitative estimate of drug-likeness (QED) is 0.704. The van der Waals surface area contributed by atoms with E-state index in [2.05, 4.69) is 56.3 Å². The number of hydrogen-bond donors (Lipinski definition) is 0. The summed E-state index contributed by atoms with van der Waals surface area (Å²) >= 11 is 4.01. The highest BCUT2D eigenvalue weighted by Crippen LogP contribution is 2.42. The highest BCUT2D eigenvalue weighted by molar-refractivity contribution is 8.00. The molecule has 0 nitrogen and oxygen atoms in total. The van der Waals surface area contributed by atoms with Crippen molar-refractivity contribution in [2.24, 2.45) is 0 Å². The summed E-state index contributed by atoms with van der Waals surface area (Å²) in [4.78, 5) is 2.91. The van der Waals surface area contributed by atoms with E-state index in [-0.39, 0.29) is 0 Å². The SMILES string of the molecule is Cc1ccc(SCC2CSc3ccccc32)c(C)c1. The van der Waals surface area contributed by atoms with E-state index in [9.17, 15) is 0 Å². The van der Waals surface area contributed by atoms with Gasteiger partial charge < -0.3 is 0 Å². The van der Waals surface area contributed by atoms with Crippen molar-refractivity contribution in [3.05, 3.63) is 59.2 Å². The maximum absolute atomic E-state index is 2.29. The van der Waals surface area contributed by atoms with E-state index in [1.165, 1.54) is 32.4 Å². The van der Waals surface area contributed by atoms with Gasteiger partial charge in [0.15, 0.2) is 0 Å². The Kier molecular flexibility index (Phi) is 3.90. The normalized spacial score (nSPS) is 17.5. The van der Waals surface area contributed by atoms with E-state index >= 15 is 0 Å². The number of rotatable bonds is 3. The molecule has 0 aromatic heterocycles. The summed E-state index contributed by atoms with van der Waals surface area (Å²) in [6.45, 7) is 4.37. The molecule has 2 heteroatoms. The minimum absolute atomic E-state index is 0.701. The first-order valence-corrected chi connectivity index (χ1v) is 8.63. The fourth-order valence-corrected chi connectivity index (χ4v) is 5.05. The number of fused-ring (bicyclic) bond motifs is 1. The molecule has 0 saturated heterocycles. The van der Waals surface area contributed by atoms with E-state index in [0.29, 0.717) is 5.92 Å². The average Bonchev–Trinajstić information content (AvgIpc) is 2.81. The number of hydrogen-bond acceptors (Lipinski definition) is 2. The zero-order valence-corrected chi connectivity index (χ0v) is 13.0. The Hall–Kier alpha value is -0.860. The lowest BCUT2D eigenvalue weighted by Crippen LogP contribution is -2.00. The molecule has 98 valence electrons. The van der Waals surface area contributed by atoms with Gasteiger partial charge in [0.1, 0.15) is 0 Å². The van der Waals surface area contributed by atoms with Crippen LogP contribution >= 0.6 is 23.5 Å². The summed E-state index contributed by atoms with van der Waals surface area (Å²) in [6.07, 6.45) is 0. The summed E-state index contributed by atoms with van der Waals surface area (Å²) in [5.74, 6) is 3.12. The van der Waals surface area contributed by atoms with Crippen molar-refractivity contribution in [2.75, 3.05) is 11.5 Å². The van der Waals surface area contributed by atoms with Gasteiger partial charge in [0, 0.05) is 27.2 Å². The van der Waals surface area contributed by atoms with Crippen LogP contribution in [0.1, 0.15) is 22.6 Å². The third-order valence-corrected chi connectivity index (χ3v) is 6.16. The van der Waals surface area contributed by atoms with E-state index in [0.717, 1.165) is 0 Å². The van der Waals surface area contributed by atoms with Gasteiger partial charge in [-0.3, -0.25) is 0 Å². The monoisotopic (exact) mass is 286 g/mol. The summed E-state index contributed by atoms with van der Waals surface area (Å²) < 4.78 is 0. The van der Waals surface area contributed by atoms with Crippen molar-refractivity contribution in [1.82, 2.24) is 0 Å². The minimum atomic E-state index is 0.701. The molecule has 1 unspecified atom stereocenters. The van der Waals surface area contributed by atoms with Crippen LogP contribution in [-0.4, -0.2) is 11.5 Å². The topological polar surface area (TPSA) is 0 Å². The molecular formula is C17H18S2. The van der Waals surface area contributed by atoms with Crippen LogP contribution in [0.5, 0.6) is 0 Å². The van der Waals surface area contributed by atoms with Gasteiger partial charge in [0.25, 0.3) is 0 Å². The van der Waals surface area contributed by atoms with Gasteiger partial charge in [0.2, 0.25) is 0 Å². The van der Waals surface area contributed by atoms with Gasteiger partial charge in [-0.25, -0.2) is 0 Å². The number of benzene rings is 2. The molecule has 0 radical (unpaired) electrons. The van der Waals surface area contributed by atoms with Gasteiger partial charge in [0.05, 0.1) is 0 Å². The number of thioether (sulfide) groups is 2. The molecule has 1 aliphatic heterocycles. The fraction of sp³-hybridized carbons (Fsp3) is 0.294. The molecule has 0 aliphatic carbocycles. The summed E-state index contributed by atoms with van der Waals surface area (Å²) in [5.41, 5.74) is 4.30. The third-order valence-electron chi connectivity index (χ3n) is 3.57. The first-order valence-electron chi connectivity index (χ1n) is 6.66. The predicted molar refractivity (Wildman–Crippen MR) is 86.5 cm³/mol. The lowest BCUT2D eigenvalue weighted by molar-refractivity contribution is 0.896. The van der Waals surface area contributed by atoms with Crippen LogP contribution in [0.3, 0.4) is 0 Å². The van der Waals surface area contributed by atoms with Crippen LogP contribution < -0.4 is 0 Å². The van der Waals surface area contributed by atoms with E-state index in [4.69, 9.17) is 0 Å². The van der Waals surface area contributed by atoms with Crippen molar-refractivity contribution in [2.45, 2.75) is 29.6 Å². The molecule has 0 amide bonds. The Labute approximate surface area is 124 Å². The van der Waals surface area contributed by atoms with Gasteiger partial charge in [-0.15, -0.1) is 23.5 Å². The third kappa shape index (κ3) is 2.85. The second-order valence-electron chi connectivity index (χ2n) is 5.13. The largest absolute Gasteiger partial charge is 0.125 e. The van der Waals surface area contributed by atoms with Crippen molar-refractivity contribution < 1.29 is 0 Å². The molecule has 0 bridgehead atoms. The lowest BCUT2D eigenvalue weighted by atomic mass is 10.0. The summed E-state index contributed by atoms with van der Waals surface area (Å²) in [7, 11) is 0. The van der Waals surface area contributed by atoms with Crippen molar-refractivity contribution in [1.29, 1.82) is 0 Å². The van der Waals surface area contributed by atoms with E-state index < -0.39 is 0 Å².